The molecule has 1 N–H and O–H groups in total. The number of nitrogens with one attached hydrogen (secondary N) is 1. The van der Waals surface area contributed by atoms with Gasteiger partial charge in [0.2, 0.25) is 5.91 Å². The number of amides is 1. The van der Waals surface area contributed by atoms with Crippen molar-refractivity contribution in [3.05, 3.63) is 10.8 Å². The lowest BCUT2D eigenvalue weighted by molar-refractivity contribution is -0.117. The molecular weight excluding hydrogens is 276 g/mol. The Morgan fingerprint density at radius 2 is 2.50 bits per heavy atom. The van der Waals surface area contributed by atoms with E-state index in [2.05, 4.69) is 31.2 Å². The number of carbonyl (C=O) groups is 1. The molecule has 6 nitrogen and oxygen atoms in total. The van der Waals surface area contributed by atoms with Crippen molar-refractivity contribution in [1.82, 2.24) is 9.97 Å². The third kappa shape index (κ3) is 2.14. The average Bonchev–Trinajstić information content (AvgIpc) is 2.28. The van der Waals surface area contributed by atoms with Crippen molar-refractivity contribution in [2.24, 2.45) is 0 Å². The van der Waals surface area contributed by atoms with Crippen LogP contribution in [0.3, 0.4) is 0 Å². The Hall–Kier alpha value is -1.21. The van der Waals surface area contributed by atoms with E-state index in [9.17, 15) is 4.79 Å². The minimum absolute atomic E-state index is 0.0306. The van der Waals surface area contributed by atoms with Crippen molar-refractivity contribution in [1.29, 1.82) is 0 Å². The van der Waals surface area contributed by atoms with E-state index >= 15 is 0 Å². The number of aromatic nitrogens is 2. The predicted octanol–water partition coefficient (Wildman–Crippen LogP) is 0.644. The molecule has 0 radical (unpaired) electrons. The van der Waals surface area contributed by atoms with Gasteiger partial charge < -0.3 is 10.1 Å². The molecule has 2 heterocycles. The molecule has 0 bridgehead atoms. The number of methoxy groups -OCH3 is 1. The lowest BCUT2D eigenvalue weighted by atomic mass is 10.3. The highest BCUT2D eigenvalue weighted by Crippen LogP contribution is 2.26. The highest BCUT2D eigenvalue weighted by atomic mass is 79.9. The van der Waals surface area contributed by atoms with Crippen molar-refractivity contribution in [2.45, 2.75) is 0 Å². The van der Waals surface area contributed by atoms with Crippen LogP contribution in [0.4, 0.5) is 11.6 Å². The molecule has 0 aromatic carbocycles. The van der Waals surface area contributed by atoms with Gasteiger partial charge in [-0.3, -0.25) is 9.69 Å². The van der Waals surface area contributed by atoms with Crippen LogP contribution >= 0.6 is 15.9 Å². The summed E-state index contributed by atoms with van der Waals surface area (Å²) < 4.78 is 5.57. The summed E-state index contributed by atoms with van der Waals surface area (Å²) in [7, 11) is 1.60. The highest BCUT2D eigenvalue weighted by molar-refractivity contribution is 9.10. The maximum absolute atomic E-state index is 11.7. The van der Waals surface area contributed by atoms with Gasteiger partial charge in [-0.05, 0) is 15.9 Å². The van der Waals surface area contributed by atoms with Crippen LogP contribution in [0.2, 0.25) is 0 Å². The molecule has 0 atom stereocenters. The maximum Gasteiger partial charge on any atom is 0.247 e. The Bertz CT molecular complexity index is 412. The molecule has 1 aliphatic rings. The molecule has 2 rings (SSSR count). The molecule has 0 saturated heterocycles. The fourth-order valence-electron chi connectivity index (χ4n) is 1.46. The topological polar surface area (TPSA) is 67.3 Å². The van der Waals surface area contributed by atoms with Gasteiger partial charge in [0.05, 0.1) is 25.9 Å². The van der Waals surface area contributed by atoms with Crippen LogP contribution < -0.4 is 10.2 Å². The van der Waals surface area contributed by atoms with E-state index in [0.717, 1.165) is 0 Å². The Kier molecular flexibility index (Phi) is 3.35. The fraction of sp³-hybridized carbons (Fsp3) is 0.444. The minimum atomic E-state index is -0.0306. The lowest BCUT2D eigenvalue weighted by Gasteiger charge is -2.27. The number of rotatable bonds is 3. The second-order valence-corrected chi connectivity index (χ2v) is 4.07. The summed E-state index contributed by atoms with van der Waals surface area (Å²) in [6.07, 6.45) is 1.59. The van der Waals surface area contributed by atoms with Crippen LogP contribution in [0.1, 0.15) is 0 Å². The van der Waals surface area contributed by atoms with Crippen molar-refractivity contribution < 1.29 is 9.53 Å². The predicted molar refractivity (Wildman–Crippen MR) is 62.5 cm³/mol. The average molecular weight is 287 g/mol. The molecule has 1 aromatic rings. The summed E-state index contributed by atoms with van der Waals surface area (Å²) >= 11 is 3.24. The summed E-state index contributed by atoms with van der Waals surface area (Å²) in [5.41, 5.74) is 0. The van der Waals surface area contributed by atoms with Crippen LogP contribution in [0.5, 0.6) is 0 Å². The van der Waals surface area contributed by atoms with Crippen LogP contribution in [-0.4, -0.2) is 42.7 Å². The molecule has 1 aromatic heterocycles. The Morgan fingerprint density at radius 1 is 1.69 bits per heavy atom. The first-order valence-electron chi connectivity index (χ1n) is 4.78. The molecule has 86 valence electrons. The summed E-state index contributed by atoms with van der Waals surface area (Å²) in [5.74, 6) is 1.14. The molecule has 0 unspecified atom stereocenters. The van der Waals surface area contributed by atoms with E-state index in [-0.39, 0.29) is 12.5 Å². The summed E-state index contributed by atoms with van der Waals surface area (Å²) in [5, 5.41) is 2.92. The van der Waals surface area contributed by atoms with Gasteiger partial charge in [0.15, 0.2) is 11.6 Å². The third-order valence-corrected chi connectivity index (χ3v) is 2.59. The van der Waals surface area contributed by atoms with E-state index in [1.165, 1.54) is 0 Å². The number of hydrogen-bond acceptors (Lipinski definition) is 5. The van der Waals surface area contributed by atoms with Crippen molar-refractivity contribution in [2.75, 3.05) is 37.0 Å². The van der Waals surface area contributed by atoms with Gasteiger partial charge in [0, 0.05) is 7.11 Å². The molecule has 1 amide bonds. The first kappa shape index (κ1) is 11.3. The molecule has 16 heavy (non-hydrogen) atoms. The number of hydrogen-bond donors (Lipinski definition) is 1. The van der Waals surface area contributed by atoms with Crippen LogP contribution in [0, 0.1) is 0 Å². The Balaban J connectivity index is 2.31. The minimum Gasteiger partial charge on any atom is -0.383 e. The molecule has 0 spiro atoms. The van der Waals surface area contributed by atoms with Crippen LogP contribution in [0.25, 0.3) is 0 Å². The number of anilines is 2. The van der Waals surface area contributed by atoms with Gasteiger partial charge in [-0.15, -0.1) is 0 Å². The smallest absolute Gasteiger partial charge is 0.247 e. The normalized spacial score (nSPS) is 14.6. The fourth-order valence-corrected chi connectivity index (χ4v) is 1.73. The zero-order valence-electron chi connectivity index (χ0n) is 8.73. The Labute approximate surface area is 101 Å². The van der Waals surface area contributed by atoms with E-state index in [1.807, 2.05) is 0 Å². The summed E-state index contributed by atoms with van der Waals surface area (Å²) in [6.45, 7) is 1.20. The second-order valence-electron chi connectivity index (χ2n) is 3.26. The van der Waals surface area contributed by atoms with Gasteiger partial charge in [-0.2, -0.15) is 0 Å². The zero-order valence-corrected chi connectivity index (χ0v) is 10.3. The van der Waals surface area contributed by atoms with Gasteiger partial charge in [-0.25, -0.2) is 9.97 Å². The largest absolute Gasteiger partial charge is 0.383 e. The first-order chi connectivity index (χ1) is 7.72. The number of nitrogens with zero attached hydrogens (tertiary/aromatic N) is 3. The third-order valence-electron chi connectivity index (χ3n) is 2.21. The van der Waals surface area contributed by atoms with Gasteiger partial charge in [-0.1, -0.05) is 0 Å². The SMILES string of the molecule is COCCN1C(=O)CNc2ncc(Br)nc21. The molecular formula is C9H11BrN4O2. The number of carbonyl (C=O) groups excluding carboxylic acids is 1. The van der Waals surface area contributed by atoms with Gasteiger partial charge >= 0.3 is 0 Å². The van der Waals surface area contributed by atoms with E-state index in [1.54, 1.807) is 18.2 Å². The second kappa shape index (κ2) is 4.75. The lowest BCUT2D eigenvalue weighted by Crippen LogP contribution is -2.42. The number of ether oxygens (including phenoxy) is 1. The van der Waals surface area contributed by atoms with Gasteiger partial charge in [0.1, 0.15) is 4.60 Å². The van der Waals surface area contributed by atoms with Crippen molar-refractivity contribution >= 4 is 33.5 Å². The van der Waals surface area contributed by atoms with Crippen molar-refractivity contribution in [3.63, 3.8) is 0 Å². The van der Waals surface area contributed by atoms with Crippen molar-refractivity contribution in [3.8, 4) is 0 Å². The van der Waals surface area contributed by atoms with Gasteiger partial charge in [0.25, 0.3) is 0 Å². The van der Waals surface area contributed by atoms with E-state index in [0.29, 0.717) is 29.4 Å². The number of fused-ring (bicyclic) bond motifs is 1. The monoisotopic (exact) mass is 286 g/mol. The molecule has 0 saturated carbocycles. The summed E-state index contributed by atoms with van der Waals surface area (Å²) in [6, 6.07) is 0. The molecule has 1 aliphatic heterocycles. The zero-order chi connectivity index (χ0) is 11.5. The summed E-state index contributed by atoms with van der Waals surface area (Å²) in [4.78, 5) is 21.7. The molecule has 0 fully saturated rings. The van der Waals surface area contributed by atoms with E-state index < -0.39 is 0 Å². The highest BCUT2D eigenvalue weighted by Gasteiger charge is 2.25. The van der Waals surface area contributed by atoms with E-state index in [4.69, 9.17) is 4.74 Å². The molecule has 0 aliphatic carbocycles. The van der Waals surface area contributed by atoms with Crippen LogP contribution in [0.15, 0.2) is 10.8 Å². The standard InChI is InChI=1S/C9H11BrN4O2/c1-16-3-2-14-7(15)5-12-8-9(14)13-6(10)4-11-8/h4H,2-3,5H2,1H3,(H,11,12). The molecule has 7 heteroatoms. The Morgan fingerprint density at radius 3 is 3.25 bits per heavy atom. The quantitative estimate of drug-likeness (QED) is 0.884. The number of halogens is 1. The van der Waals surface area contributed by atoms with Crippen LogP contribution in [-0.2, 0) is 9.53 Å². The maximum atomic E-state index is 11.7. The first-order valence-corrected chi connectivity index (χ1v) is 5.57.